The first-order chi connectivity index (χ1) is 5.74. The van der Waals surface area contributed by atoms with Crippen molar-refractivity contribution in [2.75, 3.05) is 6.61 Å². The summed E-state index contributed by atoms with van der Waals surface area (Å²) in [7, 11) is 0. The van der Waals surface area contributed by atoms with Crippen LogP contribution < -0.4 is 5.73 Å². The zero-order valence-corrected chi connectivity index (χ0v) is 7.39. The number of esters is 1. The second-order valence-electron chi connectivity index (χ2n) is 2.99. The van der Waals surface area contributed by atoms with E-state index in [1.165, 1.54) is 0 Å². The summed E-state index contributed by atoms with van der Waals surface area (Å²) in [5.74, 6) is -1.26. The number of carbonyl (C=O) groups excluding carboxylic acids is 1. The normalized spacial score (nSPS) is 14.4. The SMILES string of the molecule is CC(C)[C@H](N)C(=O)OCC(F)(F)F. The Morgan fingerprint density at radius 2 is 1.92 bits per heavy atom. The van der Waals surface area contributed by atoms with Gasteiger partial charge in [-0.3, -0.25) is 4.79 Å². The molecule has 78 valence electrons. The van der Waals surface area contributed by atoms with Gasteiger partial charge in [-0.1, -0.05) is 13.8 Å². The van der Waals surface area contributed by atoms with Crippen molar-refractivity contribution in [2.45, 2.75) is 26.1 Å². The Bertz CT molecular complexity index is 179. The van der Waals surface area contributed by atoms with Crippen LogP contribution in [0.25, 0.3) is 0 Å². The van der Waals surface area contributed by atoms with Crippen LogP contribution in [-0.2, 0) is 9.53 Å². The van der Waals surface area contributed by atoms with E-state index in [-0.39, 0.29) is 5.92 Å². The van der Waals surface area contributed by atoms with Crippen LogP contribution in [0.1, 0.15) is 13.8 Å². The fourth-order valence-corrected chi connectivity index (χ4v) is 0.521. The second kappa shape index (κ2) is 4.45. The molecule has 2 N–H and O–H groups in total. The van der Waals surface area contributed by atoms with Crippen molar-refractivity contribution < 1.29 is 22.7 Å². The Labute approximate surface area is 74.0 Å². The van der Waals surface area contributed by atoms with Gasteiger partial charge in [0.1, 0.15) is 6.04 Å². The lowest BCUT2D eigenvalue weighted by Crippen LogP contribution is -2.38. The van der Waals surface area contributed by atoms with Crippen LogP contribution in [0.15, 0.2) is 0 Å². The number of nitrogens with two attached hydrogens (primary N) is 1. The van der Waals surface area contributed by atoms with E-state index >= 15 is 0 Å². The van der Waals surface area contributed by atoms with Crippen molar-refractivity contribution >= 4 is 5.97 Å². The molecule has 3 nitrogen and oxygen atoms in total. The van der Waals surface area contributed by atoms with Crippen LogP contribution in [0.2, 0.25) is 0 Å². The molecule has 0 bridgehead atoms. The van der Waals surface area contributed by atoms with Gasteiger partial charge in [0.2, 0.25) is 0 Å². The number of hydrogen-bond donors (Lipinski definition) is 1. The van der Waals surface area contributed by atoms with Gasteiger partial charge in [-0.05, 0) is 5.92 Å². The van der Waals surface area contributed by atoms with E-state index in [4.69, 9.17) is 5.73 Å². The maximum absolute atomic E-state index is 11.6. The third kappa shape index (κ3) is 5.46. The first kappa shape index (κ1) is 12.2. The summed E-state index contributed by atoms with van der Waals surface area (Å²) < 4.78 is 38.6. The van der Waals surface area contributed by atoms with Gasteiger partial charge < -0.3 is 10.5 Å². The summed E-state index contributed by atoms with van der Waals surface area (Å²) >= 11 is 0. The molecule has 0 amide bonds. The largest absolute Gasteiger partial charge is 0.455 e. The van der Waals surface area contributed by atoms with Gasteiger partial charge in [-0.25, -0.2) is 0 Å². The summed E-state index contributed by atoms with van der Waals surface area (Å²) in [6, 6.07) is -0.998. The van der Waals surface area contributed by atoms with Gasteiger partial charge in [0.05, 0.1) is 0 Å². The summed E-state index contributed by atoms with van der Waals surface area (Å²) in [5, 5.41) is 0. The van der Waals surface area contributed by atoms with E-state index in [1.54, 1.807) is 13.8 Å². The molecule has 0 aliphatic rings. The van der Waals surface area contributed by atoms with Gasteiger partial charge in [0.15, 0.2) is 6.61 Å². The van der Waals surface area contributed by atoms with Crippen molar-refractivity contribution in [3.8, 4) is 0 Å². The molecule has 0 aromatic rings. The topological polar surface area (TPSA) is 52.3 Å². The van der Waals surface area contributed by atoms with Crippen molar-refractivity contribution in [1.82, 2.24) is 0 Å². The molecule has 0 aromatic carbocycles. The molecule has 0 aliphatic heterocycles. The first-order valence-electron chi connectivity index (χ1n) is 3.73. The molecule has 0 rings (SSSR count). The summed E-state index contributed by atoms with van der Waals surface area (Å²) in [4.78, 5) is 10.8. The molecule has 0 spiro atoms. The number of alkyl halides is 3. The predicted octanol–water partition coefficient (Wildman–Crippen LogP) is 1.08. The zero-order valence-electron chi connectivity index (χ0n) is 7.39. The standard InChI is InChI=1S/C7H12F3NO2/c1-4(2)5(11)6(12)13-3-7(8,9)10/h4-5H,3,11H2,1-2H3/t5-/m0/s1. The average molecular weight is 199 g/mol. The van der Waals surface area contributed by atoms with Crippen LogP contribution in [0, 0.1) is 5.92 Å². The van der Waals surface area contributed by atoms with Gasteiger partial charge >= 0.3 is 12.1 Å². The van der Waals surface area contributed by atoms with Crippen LogP contribution >= 0.6 is 0 Å². The smallest absolute Gasteiger partial charge is 0.422 e. The minimum absolute atomic E-state index is 0.235. The Morgan fingerprint density at radius 1 is 1.46 bits per heavy atom. The lowest BCUT2D eigenvalue weighted by Gasteiger charge is -2.15. The van der Waals surface area contributed by atoms with Gasteiger partial charge in [0.25, 0.3) is 0 Å². The molecule has 0 saturated carbocycles. The molecule has 0 heterocycles. The highest BCUT2D eigenvalue weighted by molar-refractivity contribution is 5.75. The molecular weight excluding hydrogens is 187 g/mol. The molecule has 0 fully saturated rings. The number of carbonyl (C=O) groups is 1. The molecule has 0 radical (unpaired) electrons. The fraction of sp³-hybridized carbons (Fsp3) is 0.857. The molecule has 6 heteroatoms. The van der Waals surface area contributed by atoms with Crippen LogP contribution in [0.4, 0.5) is 13.2 Å². The maximum Gasteiger partial charge on any atom is 0.422 e. The Hall–Kier alpha value is -0.780. The van der Waals surface area contributed by atoms with E-state index in [9.17, 15) is 18.0 Å². The van der Waals surface area contributed by atoms with Gasteiger partial charge in [-0.2, -0.15) is 13.2 Å². The summed E-state index contributed by atoms with van der Waals surface area (Å²) in [6.07, 6.45) is -4.49. The average Bonchev–Trinajstić information content (AvgIpc) is 1.97. The van der Waals surface area contributed by atoms with Crippen LogP contribution in [0.3, 0.4) is 0 Å². The Balaban J connectivity index is 3.89. The number of ether oxygens (including phenoxy) is 1. The van der Waals surface area contributed by atoms with E-state index in [1.807, 2.05) is 0 Å². The van der Waals surface area contributed by atoms with Crippen LogP contribution in [0.5, 0.6) is 0 Å². The molecular formula is C7H12F3NO2. The number of rotatable bonds is 3. The predicted molar refractivity (Wildman–Crippen MR) is 39.8 cm³/mol. The number of halogens is 3. The summed E-state index contributed by atoms with van der Waals surface area (Å²) in [5.41, 5.74) is 5.25. The van der Waals surface area contributed by atoms with E-state index in [2.05, 4.69) is 4.74 Å². The van der Waals surface area contributed by atoms with Crippen molar-refractivity contribution in [1.29, 1.82) is 0 Å². The Kier molecular flexibility index (Phi) is 4.19. The lowest BCUT2D eigenvalue weighted by molar-refractivity contribution is -0.187. The molecule has 1 atom stereocenters. The van der Waals surface area contributed by atoms with Gasteiger partial charge in [0, 0.05) is 0 Å². The van der Waals surface area contributed by atoms with Crippen LogP contribution in [-0.4, -0.2) is 24.8 Å². The van der Waals surface area contributed by atoms with E-state index < -0.39 is 24.8 Å². The molecule has 0 unspecified atom stereocenters. The molecule has 13 heavy (non-hydrogen) atoms. The van der Waals surface area contributed by atoms with E-state index in [0.29, 0.717) is 0 Å². The zero-order chi connectivity index (χ0) is 10.6. The minimum atomic E-state index is -4.49. The minimum Gasteiger partial charge on any atom is -0.455 e. The lowest BCUT2D eigenvalue weighted by atomic mass is 10.1. The van der Waals surface area contributed by atoms with E-state index in [0.717, 1.165) is 0 Å². The van der Waals surface area contributed by atoms with Crippen molar-refractivity contribution in [3.05, 3.63) is 0 Å². The summed E-state index contributed by atoms with van der Waals surface area (Å²) in [6.45, 7) is 1.67. The molecule has 0 aromatic heterocycles. The molecule has 0 saturated heterocycles. The second-order valence-corrected chi connectivity index (χ2v) is 2.99. The Morgan fingerprint density at radius 3 is 2.23 bits per heavy atom. The fourth-order valence-electron chi connectivity index (χ4n) is 0.521. The van der Waals surface area contributed by atoms with Gasteiger partial charge in [-0.15, -0.1) is 0 Å². The van der Waals surface area contributed by atoms with Crippen molar-refractivity contribution in [3.63, 3.8) is 0 Å². The third-order valence-electron chi connectivity index (χ3n) is 1.37. The highest BCUT2D eigenvalue weighted by Gasteiger charge is 2.31. The highest BCUT2D eigenvalue weighted by Crippen LogP contribution is 2.15. The van der Waals surface area contributed by atoms with Crippen molar-refractivity contribution in [2.24, 2.45) is 11.7 Å². The highest BCUT2D eigenvalue weighted by atomic mass is 19.4. The quantitative estimate of drug-likeness (QED) is 0.692. The monoisotopic (exact) mass is 199 g/mol. The number of hydrogen-bond acceptors (Lipinski definition) is 3. The first-order valence-corrected chi connectivity index (χ1v) is 3.73. The molecule has 0 aliphatic carbocycles. The maximum atomic E-state index is 11.6. The third-order valence-corrected chi connectivity index (χ3v) is 1.37.